The van der Waals surface area contributed by atoms with E-state index in [2.05, 4.69) is 26.2 Å². The Balaban J connectivity index is 2.36. The molecule has 0 aliphatic carbocycles. The number of hydrogen-bond donors (Lipinski definition) is 2. The fraction of sp³-hybridized carbons (Fsp3) is 0. The Labute approximate surface area is 122 Å². The molecule has 0 aliphatic heterocycles. The summed E-state index contributed by atoms with van der Waals surface area (Å²) in [6.45, 7) is 0. The van der Waals surface area contributed by atoms with Crippen molar-refractivity contribution in [3.63, 3.8) is 0 Å². The van der Waals surface area contributed by atoms with Gasteiger partial charge in [-0.25, -0.2) is 8.78 Å². The molecular formula is C12H8BrF2N3S. The number of aromatic nitrogens is 1. The molecule has 0 spiro atoms. The van der Waals surface area contributed by atoms with Crippen LogP contribution in [0.25, 0.3) is 0 Å². The maximum atomic E-state index is 13.7. The van der Waals surface area contributed by atoms with Gasteiger partial charge in [0.1, 0.15) is 10.7 Å². The van der Waals surface area contributed by atoms with E-state index in [1.807, 2.05) is 0 Å². The molecule has 3 N–H and O–H groups in total. The summed E-state index contributed by atoms with van der Waals surface area (Å²) >= 11 is 7.80. The zero-order valence-corrected chi connectivity index (χ0v) is 11.9. The second kappa shape index (κ2) is 5.58. The van der Waals surface area contributed by atoms with Crippen molar-refractivity contribution in [1.29, 1.82) is 0 Å². The standard InChI is InChI=1S/C12H8BrF2N3S/c13-6-3-8(14)11(9(15)4-6)18-7-1-2-17-10(5-7)12(16)19/h1-5H,(H2,16,19)(H,17,18). The van der Waals surface area contributed by atoms with Crippen LogP contribution in [0.1, 0.15) is 5.69 Å². The molecule has 1 aromatic carbocycles. The van der Waals surface area contributed by atoms with E-state index in [1.165, 1.54) is 24.4 Å². The Morgan fingerprint density at radius 2 is 1.89 bits per heavy atom. The number of rotatable bonds is 3. The van der Waals surface area contributed by atoms with E-state index in [0.29, 0.717) is 15.9 Å². The summed E-state index contributed by atoms with van der Waals surface area (Å²) in [5.74, 6) is -1.42. The van der Waals surface area contributed by atoms with Gasteiger partial charge >= 0.3 is 0 Å². The first kappa shape index (κ1) is 13.8. The minimum atomic E-state index is -0.708. The van der Waals surface area contributed by atoms with Crippen molar-refractivity contribution in [3.8, 4) is 0 Å². The largest absolute Gasteiger partial charge is 0.388 e. The Morgan fingerprint density at radius 1 is 1.26 bits per heavy atom. The van der Waals surface area contributed by atoms with Crippen LogP contribution in [0.4, 0.5) is 20.2 Å². The number of hydrogen-bond acceptors (Lipinski definition) is 3. The zero-order chi connectivity index (χ0) is 14.0. The number of nitrogens with two attached hydrogens (primary N) is 1. The molecule has 0 saturated heterocycles. The number of anilines is 2. The van der Waals surface area contributed by atoms with Crippen LogP contribution in [0.3, 0.4) is 0 Å². The van der Waals surface area contributed by atoms with E-state index >= 15 is 0 Å². The summed E-state index contributed by atoms with van der Waals surface area (Å²) in [6.07, 6.45) is 1.45. The summed E-state index contributed by atoms with van der Waals surface area (Å²) in [7, 11) is 0. The Morgan fingerprint density at radius 3 is 2.47 bits per heavy atom. The van der Waals surface area contributed by atoms with E-state index < -0.39 is 11.6 Å². The Hall–Kier alpha value is -1.60. The van der Waals surface area contributed by atoms with Crippen LogP contribution in [0.15, 0.2) is 34.9 Å². The second-order valence-electron chi connectivity index (χ2n) is 3.66. The molecule has 2 aromatic rings. The molecular weight excluding hydrogens is 336 g/mol. The Bertz CT molecular complexity index is 626. The van der Waals surface area contributed by atoms with E-state index in [0.717, 1.165) is 0 Å². The van der Waals surface area contributed by atoms with Crippen LogP contribution in [-0.2, 0) is 0 Å². The average molecular weight is 344 g/mol. The molecule has 0 radical (unpaired) electrons. The first-order chi connectivity index (χ1) is 8.97. The summed E-state index contributed by atoms with van der Waals surface area (Å²) in [5.41, 5.74) is 6.01. The van der Waals surface area contributed by atoms with Gasteiger partial charge in [-0.15, -0.1) is 0 Å². The molecule has 98 valence electrons. The molecule has 0 aliphatic rings. The molecule has 0 atom stereocenters. The molecule has 19 heavy (non-hydrogen) atoms. The highest BCUT2D eigenvalue weighted by Gasteiger charge is 2.11. The van der Waals surface area contributed by atoms with Gasteiger partial charge in [0.05, 0.1) is 5.69 Å². The summed E-state index contributed by atoms with van der Waals surface area (Å²) in [4.78, 5) is 4.05. The number of benzene rings is 1. The van der Waals surface area contributed by atoms with Crippen molar-refractivity contribution >= 4 is 44.5 Å². The molecule has 0 unspecified atom stereocenters. The van der Waals surface area contributed by atoms with Crippen LogP contribution >= 0.6 is 28.1 Å². The van der Waals surface area contributed by atoms with Gasteiger partial charge in [0.2, 0.25) is 0 Å². The van der Waals surface area contributed by atoms with Gasteiger partial charge in [0.25, 0.3) is 0 Å². The number of pyridine rings is 1. The van der Waals surface area contributed by atoms with Crippen molar-refractivity contribution in [3.05, 3.63) is 52.3 Å². The molecule has 1 aromatic heterocycles. The maximum absolute atomic E-state index is 13.7. The summed E-state index contributed by atoms with van der Waals surface area (Å²) in [5, 5.41) is 2.64. The third kappa shape index (κ3) is 3.24. The smallest absolute Gasteiger partial charge is 0.150 e. The topological polar surface area (TPSA) is 50.9 Å². The lowest BCUT2D eigenvalue weighted by atomic mass is 10.2. The van der Waals surface area contributed by atoms with Crippen LogP contribution in [-0.4, -0.2) is 9.97 Å². The average Bonchev–Trinajstić information content (AvgIpc) is 2.34. The normalized spacial score (nSPS) is 10.3. The number of nitrogens with zero attached hydrogens (tertiary/aromatic N) is 1. The Kier molecular flexibility index (Phi) is 4.06. The van der Waals surface area contributed by atoms with Crippen molar-refractivity contribution in [1.82, 2.24) is 4.98 Å². The predicted molar refractivity (Wildman–Crippen MR) is 77.5 cm³/mol. The molecule has 3 nitrogen and oxygen atoms in total. The lowest BCUT2D eigenvalue weighted by Gasteiger charge is -2.10. The molecule has 0 bridgehead atoms. The van der Waals surface area contributed by atoms with Gasteiger partial charge in [-0.3, -0.25) is 4.98 Å². The molecule has 0 amide bonds. The quantitative estimate of drug-likeness (QED) is 0.837. The van der Waals surface area contributed by atoms with Crippen molar-refractivity contribution in [2.24, 2.45) is 5.73 Å². The first-order valence-corrected chi connectivity index (χ1v) is 6.35. The second-order valence-corrected chi connectivity index (χ2v) is 5.02. The first-order valence-electron chi connectivity index (χ1n) is 5.15. The minimum Gasteiger partial charge on any atom is -0.388 e. The van der Waals surface area contributed by atoms with E-state index in [4.69, 9.17) is 18.0 Å². The minimum absolute atomic E-state index is 0.111. The molecule has 1 heterocycles. The van der Waals surface area contributed by atoms with Gasteiger partial charge in [-0.1, -0.05) is 28.1 Å². The third-order valence-electron chi connectivity index (χ3n) is 2.29. The monoisotopic (exact) mass is 343 g/mol. The third-order valence-corrected chi connectivity index (χ3v) is 2.96. The molecule has 7 heteroatoms. The predicted octanol–water partition coefficient (Wildman–Crippen LogP) is 3.50. The van der Waals surface area contributed by atoms with Crippen molar-refractivity contribution < 1.29 is 8.78 Å². The van der Waals surface area contributed by atoms with E-state index in [-0.39, 0.29) is 10.7 Å². The van der Waals surface area contributed by atoms with Crippen LogP contribution in [0, 0.1) is 11.6 Å². The highest BCUT2D eigenvalue weighted by molar-refractivity contribution is 9.10. The van der Waals surface area contributed by atoms with E-state index in [9.17, 15) is 8.78 Å². The van der Waals surface area contributed by atoms with Gasteiger partial charge in [0.15, 0.2) is 11.6 Å². The van der Waals surface area contributed by atoms with Gasteiger partial charge in [0, 0.05) is 16.4 Å². The fourth-order valence-corrected chi connectivity index (χ4v) is 1.96. The number of thiocarbonyl (C=S) groups is 1. The lowest BCUT2D eigenvalue weighted by Crippen LogP contribution is -2.11. The van der Waals surface area contributed by atoms with Crippen molar-refractivity contribution in [2.45, 2.75) is 0 Å². The molecule has 0 fully saturated rings. The van der Waals surface area contributed by atoms with Gasteiger partial charge in [-0.05, 0) is 24.3 Å². The lowest BCUT2D eigenvalue weighted by molar-refractivity contribution is 0.589. The van der Waals surface area contributed by atoms with Crippen LogP contribution in [0.2, 0.25) is 0 Å². The maximum Gasteiger partial charge on any atom is 0.150 e. The molecule has 2 rings (SSSR count). The molecule has 0 saturated carbocycles. The van der Waals surface area contributed by atoms with Crippen LogP contribution < -0.4 is 11.1 Å². The van der Waals surface area contributed by atoms with E-state index in [1.54, 1.807) is 6.07 Å². The van der Waals surface area contributed by atoms with Gasteiger partial charge in [-0.2, -0.15) is 0 Å². The SMILES string of the molecule is NC(=S)c1cc(Nc2c(F)cc(Br)cc2F)ccn1. The number of nitrogens with one attached hydrogen (secondary N) is 1. The highest BCUT2D eigenvalue weighted by Crippen LogP contribution is 2.26. The van der Waals surface area contributed by atoms with Crippen LogP contribution in [0.5, 0.6) is 0 Å². The summed E-state index contributed by atoms with van der Waals surface area (Å²) < 4.78 is 27.6. The fourth-order valence-electron chi connectivity index (χ4n) is 1.45. The number of halogens is 3. The van der Waals surface area contributed by atoms with Crippen molar-refractivity contribution in [2.75, 3.05) is 5.32 Å². The highest BCUT2D eigenvalue weighted by atomic mass is 79.9. The zero-order valence-electron chi connectivity index (χ0n) is 9.45. The van der Waals surface area contributed by atoms with Gasteiger partial charge < -0.3 is 11.1 Å². The summed E-state index contributed by atoms with van der Waals surface area (Å²) in [6, 6.07) is 5.41.